The fourth-order valence-electron chi connectivity index (χ4n) is 2.87. The van der Waals surface area contributed by atoms with Crippen LogP contribution in [0.3, 0.4) is 0 Å². The van der Waals surface area contributed by atoms with Crippen LogP contribution in [0.2, 0.25) is 0 Å². The van der Waals surface area contributed by atoms with Crippen molar-refractivity contribution in [3.63, 3.8) is 0 Å². The number of hydrogen-bond donors (Lipinski definition) is 1. The van der Waals surface area contributed by atoms with Gasteiger partial charge in [-0.15, -0.1) is 0 Å². The minimum atomic E-state index is -0.200. The molecule has 1 heterocycles. The van der Waals surface area contributed by atoms with E-state index in [1.807, 2.05) is 35.9 Å². The van der Waals surface area contributed by atoms with Crippen LogP contribution in [0.5, 0.6) is 11.5 Å². The lowest BCUT2D eigenvalue weighted by atomic mass is 10.1. The molecule has 0 unspecified atom stereocenters. The van der Waals surface area contributed by atoms with Crippen molar-refractivity contribution in [2.24, 2.45) is 7.05 Å². The summed E-state index contributed by atoms with van der Waals surface area (Å²) in [5.41, 5.74) is 2.49. The summed E-state index contributed by atoms with van der Waals surface area (Å²) in [5.74, 6) is 1.70. The molecule has 0 saturated heterocycles. The third-order valence-corrected chi connectivity index (χ3v) is 4.16. The molecule has 0 aliphatic heterocycles. The molecule has 3 aromatic rings. The number of benzene rings is 2. The molecule has 6 nitrogen and oxygen atoms in total. The van der Waals surface area contributed by atoms with E-state index in [1.165, 1.54) is 7.11 Å². The molecule has 6 heteroatoms. The number of aryl methyl sites for hydroxylation is 1. The van der Waals surface area contributed by atoms with Gasteiger partial charge in [-0.3, -0.25) is 4.79 Å². The molecule has 0 spiro atoms. The number of carbonyl (C=O) groups is 1. The molecule has 0 saturated carbocycles. The zero-order chi connectivity index (χ0) is 17.8. The number of fused-ring (bicyclic) bond motifs is 1. The first-order valence-electron chi connectivity index (χ1n) is 8.05. The number of nitrogens with one attached hydrogen (secondary N) is 1. The van der Waals surface area contributed by atoms with Crippen molar-refractivity contribution < 1.29 is 14.3 Å². The Balaban J connectivity index is 1.69. The lowest BCUT2D eigenvalue weighted by Gasteiger charge is -2.12. The number of ether oxygens (including phenoxy) is 2. The second kappa shape index (κ2) is 7.25. The Labute approximate surface area is 146 Å². The molecule has 3 rings (SSSR count). The minimum Gasteiger partial charge on any atom is -0.493 e. The van der Waals surface area contributed by atoms with Gasteiger partial charge in [0.1, 0.15) is 5.82 Å². The fourth-order valence-corrected chi connectivity index (χ4v) is 2.87. The van der Waals surface area contributed by atoms with Gasteiger partial charge < -0.3 is 19.4 Å². The van der Waals surface area contributed by atoms with E-state index < -0.39 is 0 Å². The van der Waals surface area contributed by atoms with Gasteiger partial charge in [0.05, 0.1) is 30.8 Å². The Morgan fingerprint density at radius 1 is 1.12 bits per heavy atom. The van der Waals surface area contributed by atoms with Crippen LogP contribution in [0, 0.1) is 0 Å². The monoisotopic (exact) mass is 339 g/mol. The highest BCUT2D eigenvalue weighted by atomic mass is 16.5. The van der Waals surface area contributed by atoms with Gasteiger partial charge in [0.25, 0.3) is 5.91 Å². The van der Waals surface area contributed by atoms with E-state index in [9.17, 15) is 4.79 Å². The Bertz CT molecular complexity index is 902. The van der Waals surface area contributed by atoms with Crippen LogP contribution in [0.25, 0.3) is 11.0 Å². The number of rotatable bonds is 6. The second-order valence-corrected chi connectivity index (χ2v) is 5.62. The number of nitrogens with zero attached hydrogens (tertiary/aromatic N) is 2. The van der Waals surface area contributed by atoms with Crippen LogP contribution in [-0.4, -0.2) is 36.2 Å². The van der Waals surface area contributed by atoms with Gasteiger partial charge >= 0.3 is 0 Å². The average molecular weight is 339 g/mol. The van der Waals surface area contributed by atoms with Crippen LogP contribution in [-0.2, 0) is 13.5 Å². The molecule has 0 fully saturated rings. The lowest BCUT2D eigenvalue weighted by molar-refractivity contribution is 0.0950. The molecule has 1 amide bonds. The van der Waals surface area contributed by atoms with E-state index in [1.54, 1.807) is 25.3 Å². The lowest BCUT2D eigenvalue weighted by Crippen LogP contribution is -2.26. The first-order chi connectivity index (χ1) is 12.2. The summed E-state index contributed by atoms with van der Waals surface area (Å²) in [7, 11) is 5.05. The molecule has 0 radical (unpaired) electrons. The fraction of sp³-hybridized carbons (Fsp3) is 0.263. The van der Waals surface area contributed by atoms with Crippen LogP contribution >= 0.6 is 0 Å². The van der Waals surface area contributed by atoms with E-state index in [4.69, 9.17) is 9.47 Å². The molecule has 130 valence electrons. The van der Waals surface area contributed by atoms with Crippen molar-refractivity contribution in [1.82, 2.24) is 14.9 Å². The van der Waals surface area contributed by atoms with E-state index in [0.717, 1.165) is 16.9 Å². The van der Waals surface area contributed by atoms with E-state index in [-0.39, 0.29) is 5.91 Å². The number of methoxy groups -OCH3 is 2. The summed E-state index contributed by atoms with van der Waals surface area (Å²) < 4.78 is 12.6. The van der Waals surface area contributed by atoms with E-state index in [2.05, 4.69) is 10.3 Å². The van der Waals surface area contributed by atoms with Gasteiger partial charge in [-0.2, -0.15) is 0 Å². The zero-order valence-electron chi connectivity index (χ0n) is 14.6. The van der Waals surface area contributed by atoms with E-state index in [0.29, 0.717) is 30.0 Å². The molecule has 1 N–H and O–H groups in total. The van der Waals surface area contributed by atoms with Crippen LogP contribution in [0.1, 0.15) is 16.2 Å². The molecule has 0 aliphatic carbocycles. The molecule has 0 bridgehead atoms. The Hall–Kier alpha value is -3.02. The molecule has 0 atom stereocenters. The Kier molecular flexibility index (Phi) is 4.88. The minimum absolute atomic E-state index is 0.200. The SMILES string of the molecule is COc1cccc(C(=O)NCCc2nc3ccccc3n2C)c1OC. The Morgan fingerprint density at radius 3 is 2.64 bits per heavy atom. The summed E-state index contributed by atoms with van der Waals surface area (Å²) in [6, 6.07) is 13.2. The highest BCUT2D eigenvalue weighted by molar-refractivity contribution is 5.97. The average Bonchev–Trinajstić information content (AvgIpc) is 2.97. The highest BCUT2D eigenvalue weighted by Crippen LogP contribution is 2.30. The molecule has 1 aromatic heterocycles. The van der Waals surface area contributed by atoms with Crippen LogP contribution < -0.4 is 14.8 Å². The normalized spacial score (nSPS) is 10.7. The maximum Gasteiger partial charge on any atom is 0.255 e. The van der Waals surface area contributed by atoms with Gasteiger partial charge in [-0.05, 0) is 24.3 Å². The van der Waals surface area contributed by atoms with Gasteiger partial charge in [0, 0.05) is 20.0 Å². The Morgan fingerprint density at radius 2 is 1.92 bits per heavy atom. The first kappa shape index (κ1) is 16.8. The number of hydrogen-bond acceptors (Lipinski definition) is 4. The number of para-hydroxylation sites is 3. The summed E-state index contributed by atoms with van der Waals surface area (Å²) in [6.07, 6.45) is 0.642. The molecule has 25 heavy (non-hydrogen) atoms. The summed E-state index contributed by atoms with van der Waals surface area (Å²) in [6.45, 7) is 0.482. The maximum absolute atomic E-state index is 12.5. The topological polar surface area (TPSA) is 65.4 Å². The summed E-state index contributed by atoms with van der Waals surface area (Å²) in [4.78, 5) is 17.1. The highest BCUT2D eigenvalue weighted by Gasteiger charge is 2.16. The third kappa shape index (κ3) is 3.28. The second-order valence-electron chi connectivity index (χ2n) is 5.62. The summed E-state index contributed by atoms with van der Waals surface area (Å²) in [5, 5.41) is 2.92. The smallest absolute Gasteiger partial charge is 0.255 e. The maximum atomic E-state index is 12.5. The number of carbonyl (C=O) groups excluding carboxylic acids is 1. The quantitative estimate of drug-likeness (QED) is 0.750. The third-order valence-electron chi connectivity index (χ3n) is 4.16. The zero-order valence-corrected chi connectivity index (χ0v) is 14.6. The first-order valence-corrected chi connectivity index (χ1v) is 8.05. The number of aromatic nitrogens is 2. The molecular formula is C19H21N3O3. The predicted molar refractivity (Wildman–Crippen MR) is 96.3 cm³/mol. The van der Waals surface area contributed by atoms with Gasteiger partial charge in [-0.25, -0.2) is 4.98 Å². The number of imidazole rings is 1. The van der Waals surface area contributed by atoms with Gasteiger partial charge in [0.15, 0.2) is 11.5 Å². The van der Waals surface area contributed by atoms with Crippen molar-refractivity contribution in [3.05, 3.63) is 53.9 Å². The number of amides is 1. The summed E-state index contributed by atoms with van der Waals surface area (Å²) >= 11 is 0. The molecule has 0 aliphatic rings. The van der Waals surface area contributed by atoms with Crippen molar-refractivity contribution in [2.75, 3.05) is 20.8 Å². The van der Waals surface area contributed by atoms with Crippen molar-refractivity contribution in [3.8, 4) is 11.5 Å². The predicted octanol–water partition coefficient (Wildman–Crippen LogP) is 2.56. The van der Waals surface area contributed by atoms with E-state index >= 15 is 0 Å². The van der Waals surface area contributed by atoms with Crippen LogP contribution in [0.15, 0.2) is 42.5 Å². The van der Waals surface area contributed by atoms with Crippen LogP contribution in [0.4, 0.5) is 0 Å². The molecular weight excluding hydrogens is 318 g/mol. The van der Waals surface area contributed by atoms with Crippen molar-refractivity contribution in [1.29, 1.82) is 0 Å². The molecule has 2 aromatic carbocycles. The van der Waals surface area contributed by atoms with Gasteiger partial charge in [-0.1, -0.05) is 18.2 Å². The largest absolute Gasteiger partial charge is 0.493 e. The van der Waals surface area contributed by atoms with Gasteiger partial charge in [0.2, 0.25) is 0 Å². The standard InChI is InChI=1S/C19H21N3O3/c1-22-15-9-5-4-8-14(15)21-17(22)11-12-20-19(23)13-7-6-10-16(24-2)18(13)25-3/h4-10H,11-12H2,1-3H3,(H,20,23). The van der Waals surface area contributed by atoms with Crippen molar-refractivity contribution >= 4 is 16.9 Å². The van der Waals surface area contributed by atoms with Crippen molar-refractivity contribution in [2.45, 2.75) is 6.42 Å².